The maximum atomic E-state index is 4.42. The van der Waals surface area contributed by atoms with E-state index in [1.165, 1.54) is 5.70 Å². The second-order valence-electron chi connectivity index (χ2n) is 5.29. The molecule has 3 rings (SSSR count). The number of allylic oxidation sites excluding steroid dienone is 3. The molecule has 0 aliphatic carbocycles. The fourth-order valence-corrected chi connectivity index (χ4v) is 3.91. The van der Waals surface area contributed by atoms with Crippen LogP contribution in [-0.2, 0) is 0 Å². The van der Waals surface area contributed by atoms with E-state index >= 15 is 0 Å². The Morgan fingerprint density at radius 3 is 2.38 bits per heavy atom. The molecule has 0 spiro atoms. The third kappa shape index (κ3) is 4.61. The average molecular weight is 430 g/mol. The highest BCUT2D eigenvalue weighted by Gasteiger charge is 2.01. The lowest BCUT2D eigenvalue weighted by molar-refractivity contribution is 0.756. The number of anilines is 2. The summed E-state index contributed by atoms with van der Waals surface area (Å²) in [6, 6.07) is 18.1. The molecule has 2 aromatic rings. The topological polar surface area (TPSA) is 40.0 Å². The maximum absolute atomic E-state index is 4.42. The molecule has 1 aliphatic heterocycles. The summed E-state index contributed by atoms with van der Waals surface area (Å²) < 4.78 is 3.32. The van der Waals surface area contributed by atoms with E-state index in [0.717, 1.165) is 20.7 Å². The minimum atomic E-state index is -0.298. The van der Waals surface area contributed by atoms with Crippen molar-refractivity contribution in [1.29, 1.82) is 0 Å². The quantitative estimate of drug-likeness (QED) is 0.371. The summed E-state index contributed by atoms with van der Waals surface area (Å²) in [5.74, 6) is 0. The zero-order valence-electron chi connectivity index (χ0n) is 13.6. The van der Waals surface area contributed by atoms with Crippen molar-refractivity contribution in [2.24, 2.45) is 10.2 Å². The molecular weight excluding hydrogens is 411 g/mol. The lowest BCUT2D eigenvalue weighted by Crippen LogP contribution is -2.01. The van der Waals surface area contributed by atoms with Crippen LogP contribution in [0.2, 0.25) is 0 Å². The summed E-state index contributed by atoms with van der Waals surface area (Å²) in [6.07, 6.45) is 6.20. The molecule has 0 amide bonds. The average Bonchev–Trinajstić information content (AvgIpc) is 2.76. The second kappa shape index (κ2) is 8.01. The summed E-state index contributed by atoms with van der Waals surface area (Å²) in [5, 5.41) is 12.1. The van der Waals surface area contributed by atoms with E-state index in [9.17, 15) is 0 Å². The van der Waals surface area contributed by atoms with Crippen LogP contribution < -0.4 is 5.32 Å². The Kier molecular flexibility index (Phi) is 5.53. The number of halogens is 1. The van der Waals surface area contributed by atoms with E-state index in [-0.39, 0.29) is 21.0 Å². The first kappa shape index (κ1) is 16.6. The van der Waals surface area contributed by atoms with Gasteiger partial charge in [-0.05, 0) is 55.5 Å². The summed E-state index contributed by atoms with van der Waals surface area (Å²) >= 11 is -0.298. The van der Waals surface area contributed by atoms with Gasteiger partial charge in [0.05, 0.1) is 5.69 Å². The molecule has 1 aliphatic rings. The summed E-state index contributed by atoms with van der Waals surface area (Å²) in [7, 11) is 2.10. The molecule has 5 heteroatoms. The molecule has 1 heterocycles. The Morgan fingerprint density at radius 2 is 1.62 bits per heavy atom. The van der Waals surface area contributed by atoms with E-state index in [2.05, 4.69) is 44.8 Å². The smallest absolute Gasteiger partial charge is 0.134 e. The zero-order chi connectivity index (χ0) is 16.8. The Morgan fingerprint density at radius 1 is 0.917 bits per heavy atom. The van der Waals surface area contributed by atoms with Gasteiger partial charge in [-0.15, -0.1) is 5.11 Å². The number of hydrogen-bond donors (Lipinski definition) is 1. The van der Waals surface area contributed by atoms with Gasteiger partial charge in [0.15, 0.2) is 0 Å². The van der Waals surface area contributed by atoms with Crippen LogP contribution >= 0.6 is 21.0 Å². The molecule has 0 saturated carbocycles. The molecule has 0 fully saturated rings. The molecule has 4 nitrogen and oxygen atoms in total. The fraction of sp³-hybridized carbons (Fsp3) is 0.105. The Balaban J connectivity index is 1.67. The van der Waals surface area contributed by atoms with Crippen LogP contribution in [0.5, 0.6) is 0 Å². The Hall–Kier alpha value is -2.28. The van der Waals surface area contributed by atoms with E-state index < -0.39 is 0 Å². The lowest BCUT2D eigenvalue weighted by atomic mass is 10.2. The van der Waals surface area contributed by atoms with Crippen LogP contribution in [-0.4, -0.2) is 13.8 Å². The Bertz CT molecular complexity index is 805. The molecular formula is C19H19IN4. The minimum absolute atomic E-state index is 0.298. The highest BCUT2D eigenvalue weighted by atomic mass is 127. The van der Waals surface area contributed by atoms with Crippen molar-refractivity contribution >= 4 is 41.7 Å². The van der Waals surface area contributed by atoms with Crippen molar-refractivity contribution in [1.82, 2.24) is 3.11 Å². The van der Waals surface area contributed by atoms with Crippen molar-refractivity contribution in [2.45, 2.75) is 6.92 Å². The van der Waals surface area contributed by atoms with Gasteiger partial charge in [-0.1, -0.05) is 24.3 Å². The predicted molar refractivity (Wildman–Crippen MR) is 110 cm³/mol. The van der Waals surface area contributed by atoms with Crippen LogP contribution in [0.1, 0.15) is 6.92 Å². The number of benzene rings is 2. The normalized spacial score (nSPS) is 14.7. The number of para-hydroxylation sites is 1. The molecule has 1 N–H and O–H groups in total. The molecule has 0 radical (unpaired) electrons. The van der Waals surface area contributed by atoms with Crippen LogP contribution in [0.4, 0.5) is 17.1 Å². The molecule has 2 aromatic carbocycles. The van der Waals surface area contributed by atoms with Gasteiger partial charge >= 0.3 is 0 Å². The van der Waals surface area contributed by atoms with Gasteiger partial charge in [0.25, 0.3) is 0 Å². The summed E-state index contributed by atoms with van der Waals surface area (Å²) in [5.41, 5.74) is 4.23. The van der Waals surface area contributed by atoms with Crippen LogP contribution in [0.15, 0.2) is 88.8 Å². The molecule has 122 valence electrons. The van der Waals surface area contributed by atoms with Crippen molar-refractivity contribution in [3.8, 4) is 0 Å². The standard InChI is InChI=1S/C19H19IN4/c1-15-7-6-10-19(20-24(15)2)23-22-18-13-11-17(12-14-18)21-16-8-4-3-5-9-16/h3-14,21H,1-2H3. The number of nitrogens with zero attached hydrogens (tertiary/aromatic N) is 3. The van der Waals surface area contributed by atoms with Gasteiger partial charge in [-0.25, -0.2) is 0 Å². The predicted octanol–water partition coefficient (Wildman–Crippen LogP) is 5.93. The highest BCUT2D eigenvalue weighted by molar-refractivity contribution is 14.2. The number of hydrogen-bond acceptors (Lipinski definition) is 4. The largest absolute Gasteiger partial charge is 0.356 e. The van der Waals surface area contributed by atoms with E-state index in [1.807, 2.05) is 60.7 Å². The van der Waals surface area contributed by atoms with Crippen LogP contribution in [0, 0.1) is 0 Å². The first-order chi connectivity index (χ1) is 11.7. The first-order valence-corrected chi connectivity index (χ1v) is 9.70. The van der Waals surface area contributed by atoms with Gasteiger partial charge in [0, 0.05) is 45.1 Å². The SMILES string of the molecule is CC1=CC=CC(N=Nc2ccc(Nc3ccccc3)cc2)=IN1C. The third-order valence-electron chi connectivity index (χ3n) is 3.46. The second-order valence-corrected chi connectivity index (χ2v) is 8.32. The molecule has 0 unspecified atom stereocenters. The van der Waals surface area contributed by atoms with Crippen molar-refractivity contribution in [2.75, 3.05) is 12.4 Å². The molecule has 0 aromatic heterocycles. The first-order valence-electron chi connectivity index (χ1n) is 7.65. The highest BCUT2D eigenvalue weighted by Crippen LogP contribution is 2.22. The van der Waals surface area contributed by atoms with E-state index in [0.29, 0.717) is 0 Å². The zero-order valence-corrected chi connectivity index (χ0v) is 15.8. The Labute approximate surface area is 152 Å². The molecule has 0 bridgehead atoms. The van der Waals surface area contributed by atoms with Crippen molar-refractivity contribution < 1.29 is 0 Å². The fourth-order valence-electron chi connectivity index (χ4n) is 2.05. The molecule has 0 saturated heterocycles. The summed E-state index contributed by atoms with van der Waals surface area (Å²) in [6.45, 7) is 2.11. The van der Waals surface area contributed by atoms with Crippen LogP contribution in [0.25, 0.3) is 0 Å². The van der Waals surface area contributed by atoms with Crippen molar-refractivity contribution in [3.05, 3.63) is 78.5 Å². The van der Waals surface area contributed by atoms with Gasteiger partial charge in [-0.3, -0.25) is 0 Å². The van der Waals surface area contributed by atoms with Gasteiger partial charge in [-0.2, -0.15) is 5.11 Å². The monoisotopic (exact) mass is 430 g/mol. The van der Waals surface area contributed by atoms with Gasteiger partial charge < -0.3 is 8.43 Å². The van der Waals surface area contributed by atoms with Gasteiger partial charge in [0.2, 0.25) is 0 Å². The third-order valence-corrected chi connectivity index (χ3v) is 6.02. The lowest BCUT2D eigenvalue weighted by Gasteiger charge is -2.11. The minimum Gasteiger partial charge on any atom is -0.356 e. The maximum Gasteiger partial charge on any atom is 0.134 e. The number of rotatable bonds is 4. The van der Waals surface area contributed by atoms with Gasteiger partial charge in [0.1, 0.15) is 3.63 Å². The van der Waals surface area contributed by atoms with Crippen LogP contribution in [0.3, 0.4) is 0 Å². The molecule has 0 atom stereocenters. The molecule has 24 heavy (non-hydrogen) atoms. The van der Waals surface area contributed by atoms with E-state index in [1.54, 1.807) is 0 Å². The summed E-state index contributed by atoms with van der Waals surface area (Å²) in [4.78, 5) is 0. The number of nitrogens with one attached hydrogen (secondary N) is 1. The van der Waals surface area contributed by atoms with E-state index in [4.69, 9.17) is 0 Å². The number of azo groups is 1. The van der Waals surface area contributed by atoms with Crippen molar-refractivity contribution in [3.63, 3.8) is 0 Å².